The molecule has 2 unspecified atom stereocenters. The molecule has 0 spiro atoms. The Hall–Kier alpha value is -1.34. The zero-order valence-electron chi connectivity index (χ0n) is 10.9. The maximum atomic E-state index is 11.8. The van der Waals surface area contributed by atoms with E-state index in [9.17, 15) is 13.2 Å². The van der Waals surface area contributed by atoms with E-state index in [1.807, 2.05) is 0 Å². The highest BCUT2D eigenvalue weighted by Gasteiger charge is 2.49. The Bertz CT molecular complexity index is 699. The van der Waals surface area contributed by atoms with Gasteiger partial charge in [-0.15, -0.1) is 0 Å². The Morgan fingerprint density at radius 1 is 1.35 bits per heavy atom. The SMILES string of the molecule is CC(=O)c1ccccc1N1C(=N)SC2CS(=O)(=O)CC21. The number of hydrogen-bond acceptors (Lipinski definition) is 5. The number of Topliss-reactive ketones (excluding diaryl/α,β-unsaturated/α-hetero) is 1. The summed E-state index contributed by atoms with van der Waals surface area (Å²) in [5.74, 6) is 0.0886. The normalized spacial score (nSPS) is 27.6. The van der Waals surface area contributed by atoms with Crippen molar-refractivity contribution < 1.29 is 13.2 Å². The van der Waals surface area contributed by atoms with Crippen LogP contribution in [-0.4, -0.2) is 42.2 Å². The Balaban J connectivity index is 2.06. The van der Waals surface area contributed by atoms with Gasteiger partial charge in [-0.1, -0.05) is 23.9 Å². The minimum absolute atomic E-state index is 0.0548. The molecule has 0 bridgehead atoms. The third-order valence-electron chi connectivity index (χ3n) is 3.63. The van der Waals surface area contributed by atoms with Crippen LogP contribution in [0.15, 0.2) is 24.3 Å². The maximum absolute atomic E-state index is 11.8. The molecule has 0 radical (unpaired) electrons. The molecule has 0 aromatic heterocycles. The molecule has 2 saturated heterocycles. The lowest BCUT2D eigenvalue weighted by Crippen LogP contribution is -2.37. The zero-order chi connectivity index (χ0) is 14.5. The number of thioether (sulfide) groups is 1. The number of nitrogens with zero attached hydrogens (tertiary/aromatic N) is 1. The summed E-state index contributed by atoms with van der Waals surface area (Å²) in [5.41, 5.74) is 1.17. The number of sulfone groups is 1. The van der Waals surface area contributed by atoms with Crippen LogP contribution in [0.5, 0.6) is 0 Å². The van der Waals surface area contributed by atoms with E-state index in [0.29, 0.717) is 16.4 Å². The molecule has 0 aliphatic carbocycles. The van der Waals surface area contributed by atoms with Crippen molar-refractivity contribution in [2.75, 3.05) is 16.4 Å². The molecule has 1 aromatic rings. The van der Waals surface area contributed by atoms with Crippen LogP contribution in [0.2, 0.25) is 0 Å². The average molecular weight is 310 g/mol. The number of para-hydroxylation sites is 1. The zero-order valence-corrected chi connectivity index (χ0v) is 12.5. The van der Waals surface area contributed by atoms with E-state index in [4.69, 9.17) is 5.41 Å². The first-order chi connectivity index (χ1) is 9.39. The maximum Gasteiger partial charge on any atom is 0.161 e. The van der Waals surface area contributed by atoms with Crippen molar-refractivity contribution in [1.82, 2.24) is 0 Å². The fourth-order valence-corrected chi connectivity index (χ4v) is 6.56. The van der Waals surface area contributed by atoms with Gasteiger partial charge in [-0.05, 0) is 19.1 Å². The van der Waals surface area contributed by atoms with Gasteiger partial charge in [0.05, 0.1) is 23.2 Å². The largest absolute Gasteiger partial charge is 0.315 e. The molecule has 1 N–H and O–H groups in total. The van der Waals surface area contributed by atoms with Crippen LogP contribution in [0.1, 0.15) is 17.3 Å². The number of amidine groups is 1. The van der Waals surface area contributed by atoms with Crippen LogP contribution in [-0.2, 0) is 9.84 Å². The molecule has 2 fully saturated rings. The first kappa shape index (κ1) is 13.6. The smallest absolute Gasteiger partial charge is 0.161 e. The third kappa shape index (κ3) is 2.14. The van der Waals surface area contributed by atoms with Gasteiger partial charge >= 0.3 is 0 Å². The van der Waals surface area contributed by atoms with Crippen molar-refractivity contribution in [2.24, 2.45) is 0 Å². The van der Waals surface area contributed by atoms with Gasteiger partial charge in [0.2, 0.25) is 0 Å². The van der Waals surface area contributed by atoms with Gasteiger partial charge in [-0.3, -0.25) is 10.2 Å². The van der Waals surface area contributed by atoms with Gasteiger partial charge in [-0.25, -0.2) is 8.42 Å². The van der Waals surface area contributed by atoms with Crippen LogP contribution in [0.4, 0.5) is 5.69 Å². The quantitative estimate of drug-likeness (QED) is 0.838. The number of benzene rings is 1. The van der Waals surface area contributed by atoms with Gasteiger partial charge in [0, 0.05) is 10.8 Å². The molecule has 2 aliphatic rings. The van der Waals surface area contributed by atoms with E-state index in [1.165, 1.54) is 18.7 Å². The molecular formula is C13H14N2O3S2. The number of ketones is 1. The molecular weight excluding hydrogens is 296 g/mol. The summed E-state index contributed by atoms with van der Waals surface area (Å²) in [7, 11) is -3.05. The molecule has 5 nitrogen and oxygen atoms in total. The third-order valence-corrected chi connectivity index (χ3v) is 6.76. The molecule has 7 heteroatoms. The lowest BCUT2D eigenvalue weighted by atomic mass is 10.1. The summed E-state index contributed by atoms with van der Waals surface area (Å²) < 4.78 is 23.5. The molecule has 106 valence electrons. The van der Waals surface area contributed by atoms with E-state index < -0.39 is 9.84 Å². The summed E-state index contributed by atoms with van der Waals surface area (Å²) in [6.45, 7) is 1.48. The highest BCUT2D eigenvalue weighted by molar-refractivity contribution is 8.15. The Morgan fingerprint density at radius 2 is 2.05 bits per heavy atom. The molecule has 2 aliphatic heterocycles. The first-order valence-electron chi connectivity index (χ1n) is 6.24. The Kier molecular flexibility index (Phi) is 3.13. The molecule has 20 heavy (non-hydrogen) atoms. The lowest BCUT2D eigenvalue weighted by Gasteiger charge is -2.25. The number of hydrogen-bond donors (Lipinski definition) is 1. The number of carbonyl (C=O) groups is 1. The van der Waals surface area contributed by atoms with E-state index in [0.717, 1.165) is 0 Å². The monoisotopic (exact) mass is 310 g/mol. The minimum atomic E-state index is -3.05. The number of carbonyl (C=O) groups excluding carboxylic acids is 1. The number of rotatable bonds is 2. The van der Waals surface area contributed by atoms with Gasteiger partial charge < -0.3 is 4.90 Å². The van der Waals surface area contributed by atoms with Gasteiger partial charge in [0.15, 0.2) is 20.8 Å². The van der Waals surface area contributed by atoms with Crippen molar-refractivity contribution >= 4 is 38.2 Å². The predicted octanol–water partition coefficient (Wildman–Crippen LogP) is 1.54. The van der Waals surface area contributed by atoms with E-state index in [-0.39, 0.29) is 28.6 Å². The van der Waals surface area contributed by atoms with E-state index >= 15 is 0 Å². The summed E-state index contributed by atoms with van der Waals surface area (Å²) in [6.07, 6.45) is 0. The Morgan fingerprint density at radius 3 is 2.75 bits per heavy atom. The average Bonchev–Trinajstić information content (AvgIpc) is 2.79. The van der Waals surface area contributed by atoms with E-state index in [1.54, 1.807) is 29.2 Å². The van der Waals surface area contributed by atoms with Crippen LogP contribution >= 0.6 is 11.8 Å². The highest BCUT2D eigenvalue weighted by Crippen LogP contribution is 2.41. The van der Waals surface area contributed by atoms with Crippen LogP contribution < -0.4 is 4.90 Å². The van der Waals surface area contributed by atoms with Crippen molar-refractivity contribution in [3.8, 4) is 0 Å². The van der Waals surface area contributed by atoms with Crippen molar-refractivity contribution in [1.29, 1.82) is 5.41 Å². The molecule has 1 aromatic carbocycles. The minimum Gasteiger partial charge on any atom is -0.315 e. The molecule has 2 heterocycles. The predicted molar refractivity (Wildman–Crippen MR) is 80.5 cm³/mol. The second-order valence-corrected chi connectivity index (χ2v) is 8.43. The molecule has 0 amide bonds. The number of nitrogens with one attached hydrogen (secondary N) is 1. The number of fused-ring (bicyclic) bond motifs is 1. The first-order valence-corrected chi connectivity index (χ1v) is 8.94. The van der Waals surface area contributed by atoms with Gasteiger partial charge in [0.1, 0.15) is 0 Å². The summed E-state index contributed by atoms with van der Waals surface area (Å²) in [5, 5.41) is 8.31. The Labute approximate surface area is 121 Å². The molecule has 3 rings (SSSR count). The van der Waals surface area contributed by atoms with Crippen LogP contribution in [0, 0.1) is 5.41 Å². The van der Waals surface area contributed by atoms with E-state index in [2.05, 4.69) is 0 Å². The molecule has 0 saturated carbocycles. The topological polar surface area (TPSA) is 78.3 Å². The summed E-state index contributed by atoms with van der Waals surface area (Å²) in [4.78, 5) is 13.4. The standard InChI is InChI=1S/C13H14N2O3S2/c1-8(16)9-4-2-3-5-10(9)15-11-6-20(17,18)7-12(11)19-13(15)14/h2-5,11-12,14H,6-7H2,1H3. The van der Waals surface area contributed by atoms with Gasteiger partial charge in [-0.2, -0.15) is 0 Å². The highest BCUT2D eigenvalue weighted by atomic mass is 32.2. The van der Waals surface area contributed by atoms with Crippen molar-refractivity contribution in [2.45, 2.75) is 18.2 Å². The van der Waals surface area contributed by atoms with Crippen LogP contribution in [0.3, 0.4) is 0 Å². The second-order valence-electron chi connectivity index (χ2n) is 5.05. The van der Waals surface area contributed by atoms with Crippen molar-refractivity contribution in [3.05, 3.63) is 29.8 Å². The molecule has 2 atom stereocenters. The van der Waals surface area contributed by atoms with Gasteiger partial charge in [0.25, 0.3) is 0 Å². The summed E-state index contributed by atoms with van der Waals surface area (Å²) >= 11 is 1.28. The lowest BCUT2D eigenvalue weighted by molar-refractivity contribution is 0.101. The van der Waals surface area contributed by atoms with Crippen LogP contribution in [0.25, 0.3) is 0 Å². The summed E-state index contributed by atoms with van der Waals surface area (Å²) in [6, 6.07) is 6.83. The fraction of sp³-hybridized carbons (Fsp3) is 0.385. The number of anilines is 1. The fourth-order valence-electron chi connectivity index (χ4n) is 2.77. The van der Waals surface area contributed by atoms with Crippen molar-refractivity contribution in [3.63, 3.8) is 0 Å². The second kappa shape index (κ2) is 4.60.